The van der Waals surface area contributed by atoms with Gasteiger partial charge in [-0.05, 0) is 42.8 Å². The van der Waals surface area contributed by atoms with Gasteiger partial charge in [-0.25, -0.2) is 12.8 Å². The van der Waals surface area contributed by atoms with Crippen molar-refractivity contribution in [2.24, 2.45) is 0 Å². The highest BCUT2D eigenvalue weighted by Crippen LogP contribution is 2.24. The van der Waals surface area contributed by atoms with Gasteiger partial charge in [0.05, 0.1) is 27.9 Å². The largest absolute Gasteiger partial charge is 0.397 e. The normalized spacial score (nSPS) is 10.9. The fourth-order valence-electron chi connectivity index (χ4n) is 1.79. The zero-order valence-electron chi connectivity index (χ0n) is 11.1. The second-order valence-corrected chi connectivity index (χ2v) is 6.08. The number of nitriles is 1. The van der Waals surface area contributed by atoms with Crippen LogP contribution in [0, 0.1) is 24.1 Å². The SMILES string of the molecule is Cc1ccc(C#N)cc1S(=O)(=O)Nc1ccc(F)cc1N. The smallest absolute Gasteiger partial charge is 0.262 e. The Morgan fingerprint density at radius 3 is 2.57 bits per heavy atom. The molecule has 0 saturated carbocycles. The molecular formula is C14H12FN3O2S. The number of anilines is 2. The quantitative estimate of drug-likeness (QED) is 0.851. The maximum absolute atomic E-state index is 13.0. The molecule has 0 unspecified atom stereocenters. The molecule has 2 aromatic rings. The first kappa shape index (κ1) is 14.8. The van der Waals surface area contributed by atoms with Crippen LogP contribution in [0.5, 0.6) is 0 Å². The lowest BCUT2D eigenvalue weighted by molar-refractivity contribution is 0.600. The minimum atomic E-state index is -3.92. The third kappa shape index (κ3) is 3.12. The van der Waals surface area contributed by atoms with Crippen LogP contribution in [0.1, 0.15) is 11.1 Å². The van der Waals surface area contributed by atoms with Crippen molar-refractivity contribution in [3.8, 4) is 6.07 Å². The van der Waals surface area contributed by atoms with E-state index in [9.17, 15) is 12.8 Å². The van der Waals surface area contributed by atoms with E-state index in [0.29, 0.717) is 5.56 Å². The molecule has 0 amide bonds. The van der Waals surface area contributed by atoms with Crippen molar-refractivity contribution < 1.29 is 12.8 Å². The summed E-state index contributed by atoms with van der Waals surface area (Å²) in [5.74, 6) is -0.557. The number of sulfonamides is 1. The lowest BCUT2D eigenvalue weighted by Crippen LogP contribution is -2.15. The van der Waals surface area contributed by atoms with Crippen LogP contribution in [0.2, 0.25) is 0 Å². The number of halogens is 1. The van der Waals surface area contributed by atoms with Gasteiger partial charge in [-0.2, -0.15) is 5.26 Å². The summed E-state index contributed by atoms with van der Waals surface area (Å²) in [4.78, 5) is -0.0229. The summed E-state index contributed by atoms with van der Waals surface area (Å²) in [6, 6.07) is 9.60. The van der Waals surface area contributed by atoms with Crippen LogP contribution in [0.25, 0.3) is 0 Å². The van der Waals surface area contributed by atoms with Crippen molar-refractivity contribution in [2.45, 2.75) is 11.8 Å². The Morgan fingerprint density at radius 2 is 1.95 bits per heavy atom. The number of nitrogens with two attached hydrogens (primary N) is 1. The second kappa shape index (κ2) is 5.42. The molecule has 108 valence electrons. The van der Waals surface area contributed by atoms with Crippen LogP contribution >= 0.6 is 0 Å². The van der Waals surface area contributed by atoms with Gasteiger partial charge in [0.25, 0.3) is 10.0 Å². The summed E-state index contributed by atoms with van der Waals surface area (Å²) < 4.78 is 40.0. The Morgan fingerprint density at radius 1 is 1.24 bits per heavy atom. The average molecular weight is 305 g/mol. The zero-order chi connectivity index (χ0) is 15.6. The summed E-state index contributed by atoms with van der Waals surface area (Å²) >= 11 is 0. The van der Waals surface area contributed by atoms with E-state index < -0.39 is 15.8 Å². The first-order valence-electron chi connectivity index (χ1n) is 5.92. The van der Waals surface area contributed by atoms with E-state index in [1.54, 1.807) is 13.0 Å². The van der Waals surface area contributed by atoms with Gasteiger partial charge in [0.2, 0.25) is 0 Å². The minimum Gasteiger partial charge on any atom is -0.397 e. The number of nitrogen functional groups attached to an aromatic ring is 1. The molecule has 0 bridgehead atoms. The summed E-state index contributed by atoms with van der Waals surface area (Å²) in [7, 11) is -3.92. The fraction of sp³-hybridized carbons (Fsp3) is 0.0714. The van der Waals surface area contributed by atoms with Crippen molar-refractivity contribution in [1.82, 2.24) is 0 Å². The maximum atomic E-state index is 13.0. The molecule has 2 rings (SSSR count). The predicted molar refractivity (Wildman–Crippen MR) is 77.5 cm³/mol. The van der Waals surface area contributed by atoms with E-state index in [0.717, 1.165) is 12.1 Å². The molecule has 0 aliphatic rings. The molecule has 0 heterocycles. The predicted octanol–water partition coefficient (Wildman–Crippen LogP) is 2.39. The molecule has 0 aliphatic carbocycles. The Kier molecular flexibility index (Phi) is 3.82. The van der Waals surface area contributed by atoms with Gasteiger partial charge in [-0.3, -0.25) is 4.72 Å². The highest BCUT2D eigenvalue weighted by atomic mass is 32.2. The van der Waals surface area contributed by atoms with E-state index in [2.05, 4.69) is 4.72 Å². The molecule has 0 aliphatic heterocycles. The van der Waals surface area contributed by atoms with Gasteiger partial charge >= 0.3 is 0 Å². The number of hydrogen-bond donors (Lipinski definition) is 2. The van der Waals surface area contributed by atoms with Crippen molar-refractivity contribution in [3.05, 3.63) is 53.3 Å². The molecule has 0 saturated heterocycles. The van der Waals surface area contributed by atoms with Crippen LogP contribution < -0.4 is 10.5 Å². The molecular weight excluding hydrogens is 293 g/mol. The molecule has 3 N–H and O–H groups in total. The standard InChI is InChI=1S/C14H12FN3O2S/c1-9-2-3-10(8-16)6-14(9)21(19,20)18-13-5-4-11(15)7-12(13)17/h2-7,18H,17H2,1H3. The van der Waals surface area contributed by atoms with E-state index in [1.165, 1.54) is 18.2 Å². The molecule has 0 fully saturated rings. The number of aryl methyl sites for hydroxylation is 1. The van der Waals surface area contributed by atoms with Crippen molar-refractivity contribution >= 4 is 21.4 Å². The Bertz CT molecular complexity index is 842. The highest BCUT2D eigenvalue weighted by molar-refractivity contribution is 7.92. The lowest BCUT2D eigenvalue weighted by atomic mass is 10.2. The Hall–Kier alpha value is -2.59. The monoisotopic (exact) mass is 305 g/mol. The summed E-state index contributed by atoms with van der Waals surface area (Å²) in [6.45, 7) is 1.61. The van der Waals surface area contributed by atoms with Gasteiger partial charge in [-0.1, -0.05) is 6.07 Å². The van der Waals surface area contributed by atoms with E-state index in [4.69, 9.17) is 11.0 Å². The molecule has 0 aromatic heterocycles. The molecule has 5 nitrogen and oxygen atoms in total. The Labute approximate surface area is 121 Å². The summed E-state index contributed by atoms with van der Waals surface area (Å²) in [5.41, 5.74) is 6.36. The van der Waals surface area contributed by atoms with Crippen molar-refractivity contribution in [3.63, 3.8) is 0 Å². The minimum absolute atomic E-state index is 0.0207. The Balaban J connectivity index is 2.46. The van der Waals surface area contributed by atoms with Crippen LogP contribution in [0.4, 0.5) is 15.8 Å². The summed E-state index contributed by atoms with van der Waals surface area (Å²) in [5, 5.41) is 8.86. The molecule has 2 aromatic carbocycles. The van der Waals surface area contributed by atoms with E-state index in [-0.39, 0.29) is 21.8 Å². The zero-order valence-corrected chi connectivity index (χ0v) is 11.9. The molecule has 7 heteroatoms. The number of benzene rings is 2. The maximum Gasteiger partial charge on any atom is 0.262 e. The van der Waals surface area contributed by atoms with Crippen LogP contribution in [0.15, 0.2) is 41.3 Å². The third-order valence-electron chi connectivity index (χ3n) is 2.86. The van der Waals surface area contributed by atoms with Crippen molar-refractivity contribution in [2.75, 3.05) is 10.5 Å². The van der Waals surface area contributed by atoms with Crippen LogP contribution in [0.3, 0.4) is 0 Å². The highest BCUT2D eigenvalue weighted by Gasteiger charge is 2.18. The molecule has 0 atom stereocenters. The lowest BCUT2D eigenvalue weighted by Gasteiger charge is -2.12. The third-order valence-corrected chi connectivity index (χ3v) is 4.37. The first-order chi connectivity index (χ1) is 9.83. The van der Waals surface area contributed by atoms with Gasteiger partial charge in [0.1, 0.15) is 5.82 Å². The van der Waals surface area contributed by atoms with Gasteiger partial charge in [0, 0.05) is 0 Å². The molecule has 0 radical (unpaired) electrons. The number of hydrogen-bond acceptors (Lipinski definition) is 4. The van der Waals surface area contributed by atoms with Gasteiger partial charge in [0.15, 0.2) is 0 Å². The molecule has 21 heavy (non-hydrogen) atoms. The number of rotatable bonds is 3. The fourth-order valence-corrected chi connectivity index (χ4v) is 3.14. The van der Waals surface area contributed by atoms with E-state index in [1.807, 2.05) is 6.07 Å². The number of nitrogens with one attached hydrogen (secondary N) is 1. The second-order valence-electron chi connectivity index (χ2n) is 4.43. The first-order valence-corrected chi connectivity index (χ1v) is 7.40. The number of nitrogens with zero attached hydrogens (tertiary/aromatic N) is 1. The topological polar surface area (TPSA) is 96.0 Å². The average Bonchev–Trinajstić information content (AvgIpc) is 2.42. The summed E-state index contributed by atoms with van der Waals surface area (Å²) in [6.07, 6.45) is 0. The van der Waals surface area contributed by atoms with Crippen LogP contribution in [-0.2, 0) is 10.0 Å². The van der Waals surface area contributed by atoms with E-state index >= 15 is 0 Å². The van der Waals surface area contributed by atoms with Gasteiger partial charge < -0.3 is 5.73 Å². The molecule has 0 spiro atoms. The van der Waals surface area contributed by atoms with Crippen LogP contribution in [-0.4, -0.2) is 8.42 Å². The van der Waals surface area contributed by atoms with Crippen molar-refractivity contribution in [1.29, 1.82) is 5.26 Å². The van der Waals surface area contributed by atoms with Gasteiger partial charge in [-0.15, -0.1) is 0 Å².